The number of amides is 1. The third-order valence-corrected chi connectivity index (χ3v) is 3.81. The molecule has 0 radical (unpaired) electrons. The Morgan fingerprint density at radius 1 is 1.29 bits per heavy atom. The van der Waals surface area contributed by atoms with Gasteiger partial charge in [-0.25, -0.2) is 4.98 Å². The number of hydrogen-bond acceptors (Lipinski definition) is 6. The van der Waals surface area contributed by atoms with Gasteiger partial charge in [0, 0.05) is 5.41 Å². The van der Waals surface area contributed by atoms with Crippen LogP contribution in [-0.4, -0.2) is 21.0 Å². The van der Waals surface area contributed by atoms with Crippen molar-refractivity contribution in [1.82, 2.24) is 20.4 Å². The lowest BCUT2D eigenvalue weighted by Crippen LogP contribution is -2.41. The number of thiazole rings is 1. The van der Waals surface area contributed by atoms with Crippen LogP contribution in [0.3, 0.4) is 0 Å². The molecule has 0 aromatic carbocycles. The summed E-state index contributed by atoms with van der Waals surface area (Å²) in [6, 6.07) is 0. The predicted octanol–water partition coefficient (Wildman–Crippen LogP) is 2.80. The third kappa shape index (κ3) is 3.47. The number of carbonyl (C=O) groups excluding carboxylic acids is 1. The van der Waals surface area contributed by atoms with Crippen molar-refractivity contribution in [3.8, 4) is 0 Å². The van der Waals surface area contributed by atoms with Crippen LogP contribution in [0.1, 0.15) is 61.0 Å². The maximum absolute atomic E-state index is 12.2. The fraction of sp³-hybridized carbons (Fsp3) is 0.571. The molecule has 1 N–H and O–H groups in total. The van der Waals surface area contributed by atoms with Gasteiger partial charge >= 0.3 is 0 Å². The van der Waals surface area contributed by atoms with Gasteiger partial charge in [-0.2, -0.15) is 4.98 Å². The molecule has 0 atom stereocenters. The van der Waals surface area contributed by atoms with E-state index < -0.39 is 5.54 Å². The molecule has 0 spiro atoms. The highest BCUT2D eigenvalue weighted by Gasteiger charge is 2.32. The average molecular weight is 308 g/mol. The normalized spacial score (nSPS) is 12.5. The molecular weight excluding hydrogens is 288 g/mol. The number of aryl methyl sites for hydroxylation is 1. The minimum atomic E-state index is -0.720. The highest BCUT2D eigenvalue weighted by molar-refractivity contribution is 7.13. The van der Waals surface area contributed by atoms with E-state index in [1.165, 1.54) is 11.3 Å². The van der Waals surface area contributed by atoms with Gasteiger partial charge in [-0.1, -0.05) is 25.9 Å². The van der Waals surface area contributed by atoms with E-state index in [1.807, 2.05) is 41.5 Å². The van der Waals surface area contributed by atoms with Crippen LogP contribution in [0.4, 0.5) is 0 Å². The van der Waals surface area contributed by atoms with Crippen LogP contribution in [-0.2, 0) is 11.0 Å². The second kappa shape index (κ2) is 5.22. The topological polar surface area (TPSA) is 80.9 Å². The number of hydrogen-bond donors (Lipinski definition) is 1. The summed E-state index contributed by atoms with van der Waals surface area (Å²) in [5.41, 5.74) is -0.942. The Kier molecular flexibility index (Phi) is 3.88. The Morgan fingerprint density at radius 3 is 2.43 bits per heavy atom. The average Bonchev–Trinajstić information content (AvgIpc) is 2.95. The van der Waals surface area contributed by atoms with Crippen LogP contribution in [0.25, 0.3) is 0 Å². The second-order valence-corrected chi connectivity index (χ2v) is 7.73. The van der Waals surface area contributed by atoms with Crippen LogP contribution in [0, 0.1) is 6.92 Å². The Hall–Kier alpha value is -1.76. The smallest absolute Gasteiger partial charge is 0.263 e. The van der Waals surface area contributed by atoms with Crippen molar-refractivity contribution in [3.63, 3.8) is 0 Å². The summed E-state index contributed by atoms with van der Waals surface area (Å²) >= 11 is 1.35. The van der Waals surface area contributed by atoms with Crippen LogP contribution in [0.15, 0.2) is 10.7 Å². The number of rotatable bonds is 3. The highest BCUT2D eigenvalue weighted by atomic mass is 32.1. The minimum Gasteiger partial charge on any atom is -0.339 e. The molecule has 7 heteroatoms. The highest BCUT2D eigenvalue weighted by Crippen LogP contribution is 2.24. The second-order valence-electron chi connectivity index (χ2n) is 6.50. The van der Waals surface area contributed by atoms with Gasteiger partial charge < -0.3 is 9.84 Å². The lowest BCUT2D eigenvalue weighted by Gasteiger charge is -2.21. The number of aromatic nitrogens is 3. The van der Waals surface area contributed by atoms with E-state index in [0.29, 0.717) is 16.6 Å². The van der Waals surface area contributed by atoms with E-state index >= 15 is 0 Å². The summed E-state index contributed by atoms with van der Waals surface area (Å²) in [4.78, 5) is 21.3. The maximum atomic E-state index is 12.2. The van der Waals surface area contributed by atoms with Crippen molar-refractivity contribution in [2.45, 2.75) is 52.5 Å². The molecule has 0 saturated carbocycles. The van der Waals surface area contributed by atoms with E-state index in [-0.39, 0.29) is 11.3 Å². The summed E-state index contributed by atoms with van der Waals surface area (Å²) in [6.45, 7) is 11.5. The number of nitrogens with zero attached hydrogens (tertiary/aromatic N) is 3. The molecule has 2 rings (SSSR count). The van der Waals surface area contributed by atoms with Crippen LogP contribution in [0.2, 0.25) is 0 Å². The third-order valence-electron chi connectivity index (χ3n) is 2.90. The van der Waals surface area contributed by atoms with Crippen molar-refractivity contribution >= 4 is 17.2 Å². The van der Waals surface area contributed by atoms with Crippen molar-refractivity contribution in [3.05, 3.63) is 27.8 Å². The standard InChI is InChI=1S/C14H20N4O2S/c1-8-15-7-9(21-8)10(19)17-14(5,6)11-16-12(20-18-11)13(2,3)4/h7H,1-6H3,(H,17,19). The first-order chi connectivity index (χ1) is 9.59. The Bertz CT molecular complexity index is 652. The van der Waals surface area contributed by atoms with Crippen molar-refractivity contribution in [2.24, 2.45) is 0 Å². The zero-order chi connectivity index (χ0) is 15.8. The summed E-state index contributed by atoms with van der Waals surface area (Å²) in [6.07, 6.45) is 1.57. The van der Waals surface area contributed by atoms with Gasteiger partial charge in [0.05, 0.1) is 16.7 Å². The van der Waals surface area contributed by atoms with E-state index in [9.17, 15) is 4.79 Å². The van der Waals surface area contributed by atoms with Crippen LogP contribution in [0.5, 0.6) is 0 Å². The molecule has 2 aromatic heterocycles. The largest absolute Gasteiger partial charge is 0.339 e. The van der Waals surface area contributed by atoms with Crippen LogP contribution < -0.4 is 5.32 Å². The zero-order valence-corrected chi connectivity index (χ0v) is 14.0. The zero-order valence-electron chi connectivity index (χ0n) is 13.1. The van der Waals surface area contributed by atoms with E-state index in [1.54, 1.807) is 6.20 Å². The van der Waals surface area contributed by atoms with Gasteiger partial charge in [-0.05, 0) is 20.8 Å². The summed E-state index contributed by atoms with van der Waals surface area (Å²) in [7, 11) is 0. The molecule has 0 unspecified atom stereocenters. The molecule has 21 heavy (non-hydrogen) atoms. The molecule has 1 amide bonds. The van der Waals surface area contributed by atoms with Gasteiger partial charge in [0.15, 0.2) is 5.82 Å². The van der Waals surface area contributed by atoms with Crippen molar-refractivity contribution < 1.29 is 9.32 Å². The predicted molar refractivity (Wildman–Crippen MR) is 80.3 cm³/mol. The van der Waals surface area contributed by atoms with Crippen molar-refractivity contribution in [1.29, 1.82) is 0 Å². The summed E-state index contributed by atoms with van der Waals surface area (Å²) in [5.74, 6) is 0.822. The molecule has 2 aromatic rings. The first-order valence-electron chi connectivity index (χ1n) is 6.69. The molecule has 0 bridgehead atoms. The van der Waals surface area contributed by atoms with Gasteiger partial charge in [-0.3, -0.25) is 4.79 Å². The van der Waals surface area contributed by atoms with Gasteiger partial charge in [0.25, 0.3) is 5.91 Å². The molecule has 2 heterocycles. The van der Waals surface area contributed by atoms with Crippen LogP contribution >= 0.6 is 11.3 Å². The quantitative estimate of drug-likeness (QED) is 0.943. The molecule has 0 aliphatic rings. The first-order valence-corrected chi connectivity index (χ1v) is 7.51. The fourth-order valence-corrected chi connectivity index (χ4v) is 2.32. The maximum Gasteiger partial charge on any atom is 0.263 e. The Balaban J connectivity index is 2.18. The lowest BCUT2D eigenvalue weighted by atomic mass is 9.97. The lowest BCUT2D eigenvalue weighted by molar-refractivity contribution is 0.0911. The van der Waals surface area contributed by atoms with Gasteiger partial charge in [-0.15, -0.1) is 11.3 Å². The van der Waals surface area contributed by atoms with E-state index in [0.717, 1.165) is 5.01 Å². The molecule has 6 nitrogen and oxygen atoms in total. The fourth-order valence-electron chi connectivity index (χ4n) is 1.65. The first kappa shape index (κ1) is 15.6. The summed E-state index contributed by atoms with van der Waals surface area (Å²) < 4.78 is 5.28. The number of carbonyl (C=O) groups is 1. The molecule has 0 fully saturated rings. The van der Waals surface area contributed by atoms with Gasteiger partial charge in [0.2, 0.25) is 5.89 Å². The monoisotopic (exact) mass is 308 g/mol. The minimum absolute atomic E-state index is 0.187. The van der Waals surface area contributed by atoms with E-state index in [2.05, 4.69) is 20.4 Å². The Morgan fingerprint density at radius 2 is 1.95 bits per heavy atom. The number of nitrogens with one attached hydrogen (secondary N) is 1. The molecule has 0 saturated heterocycles. The van der Waals surface area contributed by atoms with Crippen molar-refractivity contribution in [2.75, 3.05) is 0 Å². The molecule has 0 aliphatic carbocycles. The molecular formula is C14H20N4O2S. The molecule has 114 valence electrons. The van der Waals surface area contributed by atoms with Gasteiger partial charge in [0.1, 0.15) is 4.88 Å². The summed E-state index contributed by atoms with van der Waals surface area (Å²) in [5, 5.41) is 7.76. The molecule has 0 aliphatic heterocycles. The SMILES string of the molecule is Cc1ncc(C(=O)NC(C)(C)c2noc(C(C)(C)C)n2)s1. The Labute approximate surface area is 128 Å². The van der Waals surface area contributed by atoms with E-state index in [4.69, 9.17) is 4.52 Å².